The van der Waals surface area contributed by atoms with E-state index in [4.69, 9.17) is 0 Å². The number of amides is 1. The normalized spacial score (nSPS) is 10.5. The molecule has 0 aliphatic rings. The van der Waals surface area contributed by atoms with Gasteiger partial charge in [0, 0.05) is 12.2 Å². The zero-order valence-electron chi connectivity index (χ0n) is 14.7. The molecular formula is C19H20N4OS2. The maximum atomic E-state index is 12.1. The zero-order valence-corrected chi connectivity index (χ0v) is 16.3. The molecule has 0 unspecified atom stereocenters. The third-order valence-corrected chi connectivity index (χ3v) is 5.54. The molecule has 1 aromatic heterocycles. The third-order valence-electron chi connectivity index (χ3n) is 3.53. The Morgan fingerprint density at radius 1 is 1.08 bits per heavy atom. The van der Waals surface area contributed by atoms with Gasteiger partial charge >= 0.3 is 0 Å². The first-order valence-corrected chi connectivity index (χ1v) is 10.0. The molecule has 2 aromatic carbocycles. The highest BCUT2D eigenvalue weighted by atomic mass is 32.2. The van der Waals surface area contributed by atoms with E-state index in [1.54, 1.807) is 0 Å². The highest BCUT2D eigenvalue weighted by Crippen LogP contribution is 2.26. The molecule has 0 bridgehead atoms. The molecule has 134 valence electrons. The van der Waals surface area contributed by atoms with Gasteiger partial charge in [-0.25, -0.2) is 0 Å². The highest BCUT2D eigenvalue weighted by Gasteiger charge is 2.09. The van der Waals surface area contributed by atoms with E-state index >= 15 is 0 Å². The summed E-state index contributed by atoms with van der Waals surface area (Å²) in [6, 6.07) is 16.1. The monoisotopic (exact) mass is 384 g/mol. The van der Waals surface area contributed by atoms with Gasteiger partial charge in [0.1, 0.15) is 0 Å². The standard InChI is InChI=1S/C19H20N4OS2/c1-13-8-14(2)10-16(9-13)21-17(24)12-25-19-23-22-18(26-19)20-11-15-6-4-3-5-7-15/h3-10H,11-12H2,1-2H3,(H,20,22)(H,21,24). The second-order valence-corrected chi connectivity index (χ2v) is 8.13. The van der Waals surface area contributed by atoms with Crippen molar-refractivity contribution >= 4 is 39.8 Å². The molecule has 1 heterocycles. The molecule has 3 rings (SSSR count). The lowest BCUT2D eigenvalue weighted by Gasteiger charge is -2.06. The molecule has 0 fully saturated rings. The fourth-order valence-corrected chi connectivity index (χ4v) is 4.03. The number of aryl methyl sites for hydroxylation is 2. The summed E-state index contributed by atoms with van der Waals surface area (Å²) in [5.41, 5.74) is 4.28. The Bertz CT molecular complexity index is 860. The van der Waals surface area contributed by atoms with Crippen LogP contribution in [0.4, 0.5) is 10.8 Å². The van der Waals surface area contributed by atoms with Crippen molar-refractivity contribution in [1.29, 1.82) is 0 Å². The molecule has 0 saturated heterocycles. The third kappa shape index (κ3) is 5.57. The van der Waals surface area contributed by atoms with Gasteiger partial charge in [-0.3, -0.25) is 4.79 Å². The van der Waals surface area contributed by atoms with E-state index in [-0.39, 0.29) is 5.91 Å². The lowest BCUT2D eigenvalue weighted by molar-refractivity contribution is -0.113. The first kappa shape index (κ1) is 18.4. The van der Waals surface area contributed by atoms with Gasteiger partial charge in [-0.15, -0.1) is 10.2 Å². The van der Waals surface area contributed by atoms with E-state index in [1.165, 1.54) is 28.7 Å². The smallest absolute Gasteiger partial charge is 0.234 e. The average Bonchev–Trinajstić information content (AvgIpc) is 3.06. The summed E-state index contributed by atoms with van der Waals surface area (Å²) in [5, 5.41) is 15.2. The first-order valence-electron chi connectivity index (χ1n) is 8.21. The van der Waals surface area contributed by atoms with Gasteiger partial charge in [0.05, 0.1) is 5.75 Å². The van der Waals surface area contributed by atoms with Crippen molar-refractivity contribution in [2.45, 2.75) is 24.7 Å². The Morgan fingerprint density at radius 3 is 2.54 bits per heavy atom. The maximum Gasteiger partial charge on any atom is 0.234 e. The Balaban J connectivity index is 1.47. The summed E-state index contributed by atoms with van der Waals surface area (Å²) < 4.78 is 0.774. The minimum Gasteiger partial charge on any atom is -0.356 e. The minimum atomic E-state index is -0.0472. The van der Waals surface area contributed by atoms with Crippen LogP contribution in [-0.4, -0.2) is 21.9 Å². The van der Waals surface area contributed by atoms with Gasteiger partial charge in [0.25, 0.3) is 0 Å². The highest BCUT2D eigenvalue weighted by molar-refractivity contribution is 8.01. The number of hydrogen-bond donors (Lipinski definition) is 2. The van der Waals surface area contributed by atoms with Crippen LogP contribution in [0.15, 0.2) is 52.9 Å². The topological polar surface area (TPSA) is 66.9 Å². The van der Waals surface area contributed by atoms with Crippen molar-refractivity contribution in [2.75, 3.05) is 16.4 Å². The average molecular weight is 385 g/mol. The summed E-state index contributed by atoms with van der Waals surface area (Å²) in [7, 11) is 0. The number of carbonyl (C=O) groups excluding carboxylic acids is 1. The van der Waals surface area contributed by atoms with Crippen molar-refractivity contribution in [1.82, 2.24) is 10.2 Å². The summed E-state index contributed by atoms with van der Waals surface area (Å²) in [6.45, 7) is 4.73. The molecule has 0 aliphatic heterocycles. The van der Waals surface area contributed by atoms with Gasteiger partial charge in [0.2, 0.25) is 11.0 Å². The van der Waals surface area contributed by atoms with Crippen molar-refractivity contribution < 1.29 is 4.79 Å². The number of nitrogens with one attached hydrogen (secondary N) is 2. The molecule has 2 N–H and O–H groups in total. The van der Waals surface area contributed by atoms with Crippen LogP contribution in [0.5, 0.6) is 0 Å². The van der Waals surface area contributed by atoms with Crippen molar-refractivity contribution in [2.24, 2.45) is 0 Å². The van der Waals surface area contributed by atoms with Gasteiger partial charge in [-0.1, -0.05) is 59.5 Å². The predicted molar refractivity (Wildman–Crippen MR) is 109 cm³/mol. The van der Waals surface area contributed by atoms with E-state index in [0.29, 0.717) is 12.3 Å². The Hall–Kier alpha value is -2.38. The number of rotatable bonds is 7. The Morgan fingerprint density at radius 2 is 1.81 bits per heavy atom. The lowest BCUT2D eigenvalue weighted by Crippen LogP contribution is -2.14. The van der Waals surface area contributed by atoms with E-state index < -0.39 is 0 Å². The summed E-state index contributed by atoms with van der Waals surface area (Å²) in [5.74, 6) is 0.259. The number of thioether (sulfide) groups is 1. The molecule has 0 spiro atoms. The van der Waals surface area contributed by atoms with Crippen LogP contribution < -0.4 is 10.6 Å². The number of benzene rings is 2. The fraction of sp³-hybridized carbons (Fsp3) is 0.211. The molecule has 26 heavy (non-hydrogen) atoms. The predicted octanol–water partition coefficient (Wildman–Crippen LogP) is 4.50. The molecule has 3 aromatic rings. The van der Waals surface area contributed by atoms with Crippen LogP contribution in [0, 0.1) is 13.8 Å². The maximum absolute atomic E-state index is 12.1. The van der Waals surface area contributed by atoms with Crippen LogP contribution in [0.1, 0.15) is 16.7 Å². The first-order chi connectivity index (χ1) is 12.6. The number of nitrogens with zero attached hydrogens (tertiary/aromatic N) is 2. The van der Waals surface area contributed by atoms with Crippen LogP contribution >= 0.6 is 23.1 Å². The van der Waals surface area contributed by atoms with Gasteiger partial charge in [-0.2, -0.15) is 0 Å². The molecule has 1 amide bonds. The molecular weight excluding hydrogens is 364 g/mol. The van der Waals surface area contributed by atoms with Gasteiger partial charge in [0.15, 0.2) is 4.34 Å². The Kier molecular flexibility index (Phi) is 6.25. The van der Waals surface area contributed by atoms with E-state index in [9.17, 15) is 4.79 Å². The summed E-state index contributed by atoms with van der Waals surface area (Å²) in [4.78, 5) is 12.1. The molecule has 5 nitrogen and oxygen atoms in total. The van der Waals surface area contributed by atoms with Crippen LogP contribution in [0.2, 0.25) is 0 Å². The molecule has 0 radical (unpaired) electrons. The number of aromatic nitrogens is 2. The van der Waals surface area contributed by atoms with Crippen molar-refractivity contribution in [3.05, 3.63) is 65.2 Å². The second kappa shape index (κ2) is 8.82. The summed E-state index contributed by atoms with van der Waals surface area (Å²) in [6.07, 6.45) is 0. The Labute approximate surface area is 161 Å². The fourth-order valence-electron chi connectivity index (χ4n) is 2.48. The quantitative estimate of drug-likeness (QED) is 0.587. The lowest BCUT2D eigenvalue weighted by atomic mass is 10.1. The molecule has 7 heteroatoms. The van der Waals surface area contributed by atoms with E-state index in [0.717, 1.165) is 26.3 Å². The van der Waals surface area contributed by atoms with Gasteiger partial charge < -0.3 is 10.6 Å². The number of anilines is 2. The number of carbonyl (C=O) groups is 1. The largest absolute Gasteiger partial charge is 0.356 e. The van der Waals surface area contributed by atoms with Crippen molar-refractivity contribution in [3.63, 3.8) is 0 Å². The summed E-state index contributed by atoms with van der Waals surface area (Å²) >= 11 is 2.85. The van der Waals surface area contributed by atoms with Crippen LogP contribution in [-0.2, 0) is 11.3 Å². The number of hydrogen-bond acceptors (Lipinski definition) is 6. The SMILES string of the molecule is Cc1cc(C)cc(NC(=O)CSc2nnc(NCc3ccccc3)s2)c1. The minimum absolute atomic E-state index is 0.0472. The van der Waals surface area contributed by atoms with Crippen LogP contribution in [0.25, 0.3) is 0 Å². The molecule has 0 atom stereocenters. The van der Waals surface area contributed by atoms with Gasteiger partial charge in [-0.05, 0) is 42.7 Å². The molecule has 0 saturated carbocycles. The van der Waals surface area contributed by atoms with E-state index in [1.807, 2.05) is 44.2 Å². The van der Waals surface area contributed by atoms with Crippen molar-refractivity contribution in [3.8, 4) is 0 Å². The zero-order chi connectivity index (χ0) is 18.4. The van der Waals surface area contributed by atoms with Crippen LogP contribution in [0.3, 0.4) is 0 Å². The second-order valence-electron chi connectivity index (χ2n) is 5.93. The molecule has 0 aliphatic carbocycles. The van der Waals surface area contributed by atoms with E-state index in [2.05, 4.69) is 39.0 Å².